The first-order valence-electron chi connectivity index (χ1n) is 6.12. The molecular weight excluding hydrogens is 259 g/mol. The van der Waals surface area contributed by atoms with E-state index in [0.717, 1.165) is 0 Å². The van der Waals surface area contributed by atoms with Crippen molar-refractivity contribution in [1.29, 1.82) is 0 Å². The lowest BCUT2D eigenvalue weighted by molar-refractivity contribution is 0.277. The highest BCUT2D eigenvalue weighted by Crippen LogP contribution is 2.30. The van der Waals surface area contributed by atoms with Crippen LogP contribution in [0, 0.1) is 5.82 Å². The first-order chi connectivity index (χ1) is 9.70. The first kappa shape index (κ1) is 12.6. The highest BCUT2D eigenvalue weighted by atomic mass is 19.1. The molecule has 0 spiro atoms. The summed E-state index contributed by atoms with van der Waals surface area (Å²) in [6, 6.07) is 12.9. The lowest BCUT2D eigenvalue weighted by atomic mass is 9.97. The molecule has 1 heterocycles. The van der Waals surface area contributed by atoms with Crippen LogP contribution in [0.3, 0.4) is 0 Å². The van der Waals surface area contributed by atoms with Gasteiger partial charge in [0, 0.05) is 10.9 Å². The summed E-state index contributed by atoms with van der Waals surface area (Å²) in [6.07, 6.45) is 0. The Balaban J connectivity index is 2.42. The molecule has 0 aliphatic carbocycles. The predicted molar refractivity (Wildman–Crippen MR) is 73.8 cm³/mol. The molecule has 100 valence electrons. The van der Waals surface area contributed by atoms with E-state index in [1.807, 2.05) is 6.07 Å². The molecule has 2 aromatic carbocycles. The van der Waals surface area contributed by atoms with E-state index in [9.17, 15) is 14.3 Å². The van der Waals surface area contributed by atoms with Gasteiger partial charge in [0.05, 0.1) is 12.2 Å². The quantitative estimate of drug-likeness (QED) is 0.728. The van der Waals surface area contributed by atoms with Gasteiger partial charge in [-0.05, 0) is 23.8 Å². The van der Waals surface area contributed by atoms with Crippen LogP contribution in [0.25, 0.3) is 22.1 Å². The maximum absolute atomic E-state index is 13.0. The third kappa shape index (κ3) is 2.00. The molecule has 0 unspecified atom stereocenters. The maximum atomic E-state index is 13.0. The summed E-state index contributed by atoms with van der Waals surface area (Å²) in [6.45, 7) is -0.431. The van der Waals surface area contributed by atoms with Gasteiger partial charge in [-0.15, -0.1) is 0 Å². The van der Waals surface area contributed by atoms with E-state index in [-0.39, 0.29) is 11.4 Å². The van der Waals surface area contributed by atoms with Gasteiger partial charge in [0.25, 0.3) is 0 Å². The Hall–Kier alpha value is -2.46. The van der Waals surface area contributed by atoms with Gasteiger partial charge in [-0.25, -0.2) is 9.18 Å². The highest BCUT2D eigenvalue weighted by Gasteiger charge is 2.15. The molecule has 1 aromatic heterocycles. The van der Waals surface area contributed by atoms with Crippen molar-refractivity contribution in [1.82, 2.24) is 0 Å². The van der Waals surface area contributed by atoms with Crippen molar-refractivity contribution in [2.75, 3.05) is 0 Å². The van der Waals surface area contributed by atoms with Crippen molar-refractivity contribution < 1.29 is 13.9 Å². The zero-order chi connectivity index (χ0) is 14.1. The minimum absolute atomic E-state index is 0.176. The minimum atomic E-state index is -0.578. The van der Waals surface area contributed by atoms with Gasteiger partial charge in [-0.2, -0.15) is 0 Å². The molecule has 0 bridgehead atoms. The summed E-state index contributed by atoms with van der Waals surface area (Å²) >= 11 is 0. The van der Waals surface area contributed by atoms with Crippen molar-refractivity contribution in [3.8, 4) is 11.1 Å². The van der Waals surface area contributed by atoms with Crippen LogP contribution in [0.5, 0.6) is 0 Å². The van der Waals surface area contributed by atoms with E-state index in [1.54, 1.807) is 30.3 Å². The molecule has 0 saturated heterocycles. The average Bonchev–Trinajstić information content (AvgIpc) is 2.47. The highest BCUT2D eigenvalue weighted by molar-refractivity contribution is 5.94. The molecular formula is C16H11FO3. The average molecular weight is 270 g/mol. The molecule has 0 aliphatic heterocycles. The number of halogens is 1. The number of aliphatic hydroxyl groups excluding tert-OH is 1. The second kappa shape index (κ2) is 4.90. The summed E-state index contributed by atoms with van der Waals surface area (Å²) in [4.78, 5) is 11.9. The molecule has 1 N–H and O–H groups in total. The molecule has 0 atom stereocenters. The monoisotopic (exact) mass is 270 g/mol. The van der Waals surface area contributed by atoms with E-state index in [2.05, 4.69) is 0 Å². The number of hydrogen-bond acceptors (Lipinski definition) is 3. The number of benzene rings is 2. The second-order valence-corrected chi connectivity index (χ2v) is 4.40. The van der Waals surface area contributed by atoms with Crippen molar-refractivity contribution >= 4 is 11.0 Å². The van der Waals surface area contributed by atoms with Gasteiger partial charge < -0.3 is 9.52 Å². The lowest BCUT2D eigenvalue weighted by Gasteiger charge is -2.10. The Bertz CT molecular complexity index is 819. The predicted octanol–water partition coefficient (Wildman–Crippen LogP) is 3.09. The molecule has 20 heavy (non-hydrogen) atoms. The molecule has 0 fully saturated rings. The Labute approximate surface area is 113 Å². The summed E-state index contributed by atoms with van der Waals surface area (Å²) in [5, 5.41) is 10.2. The van der Waals surface area contributed by atoms with Crippen molar-refractivity contribution in [2.45, 2.75) is 6.61 Å². The summed E-state index contributed by atoms with van der Waals surface area (Å²) in [5.41, 5.74) is 1.29. The van der Waals surface area contributed by atoms with E-state index < -0.39 is 12.2 Å². The molecule has 3 aromatic rings. The normalized spacial score (nSPS) is 10.9. The largest absolute Gasteiger partial charge is 0.422 e. The van der Waals surface area contributed by atoms with Gasteiger partial charge in [-0.3, -0.25) is 0 Å². The molecule has 4 heteroatoms. The van der Waals surface area contributed by atoms with Gasteiger partial charge in [0.2, 0.25) is 0 Å². The van der Waals surface area contributed by atoms with Gasteiger partial charge in [-0.1, -0.05) is 30.3 Å². The van der Waals surface area contributed by atoms with Crippen LogP contribution >= 0.6 is 0 Å². The Morgan fingerprint density at radius 2 is 1.75 bits per heavy atom. The third-order valence-corrected chi connectivity index (χ3v) is 3.20. The number of rotatable bonds is 2. The fourth-order valence-electron chi connectivity index (χ4n) is 2.28. The molecule has 0 saturated carbocycles. The summed E-state index contributed by atoms with van der Waals surface area (Å²) in [7, 11) is 0. The van der Waals surface area contributed by atoms with Crippen LogP contribution in [0.4, 0.5) is 4.39 Å². The third-order valence-electron chi connectivity index (χ3n) is 3.20. The topological polar surface area (TPSA) is 50.4 Å². The molecule has 0 radical (unpaired) electrons. The van der Waals surface area contributed by atoms with E-state index in [0.29, 0.717) is 22.1 Å². The van der Waals surface area contributed by atoms with E-state index in [4.69, 9.17) is 4.42 Å². The number of hydrogen-bond donors (Lipinski definition) is 1. The first-order valence-corrected chi connectivity index (χ1v) is 6.12. The van der Waals surface area contributed by atoms with Crippen molar-refractivity contribution in [2.24, 2.45) is 0 Å². The second-order valence-electron chi connectivity index (χ2n) is 4.40. The SMILES string of the molecule is O=c1oc2ccccc2c(-c2ccc(F)cc2)c1CO. The zero-order valence-electron chi connectivity index (χ0n) is 10.5. The summed E-state index contributed by atoms with van der Waals surface area (Å²) < 4.78 is 18.2. The Morgan fingerprint density at radius 3 is 2.45 bits per heavy atom. The van der Waals surface area contributed by atoms with E-state index >= 15 is 0 Å². The maximum Gasteiger partial charge on any atom is 0.342 e. The Kier molecular flexibility index (Phi) is 3.08. The Morgan fingerprint density at radius 1 is 1.05 bits per heavy atom. The molecule has 3 nitrogen and oxygen atoms in total. The number of fused-ring (bicyclic) bond motifs is 1. The van der Waals surface area contributed by atoms with Gasteiger partial charge in [0.15, 0.2) is 0 Å². The zero-order valence-corrected chi connectivity index (χ0v) is 10.5. The number of para-hydroxylation sites is 1. The van der Waals surface area contributed by atoms with Crippen molar-refractivity contribution in [3.05, 3.63) is 70.3 Å². The van der Waals surface area contributed by atoms with E-state index in [1.165, 1.54) is 12.1 Å². The van der Waals surface area contributed by atoms with Crippen LogP contribution in [-0.2, 0) is 6.61 Å². The van der Waals surface area contributed by atoms with Crippen LogP contribution in [-0.4, -0.2) is 5.11 Å². The van der Waals surface area contributed by atoms with Crippen LogP contribution in [0.15, 0.2) is 57.7 Å². The molecule has 0 amide bonds. The van der Waals surface area contributed by atoms with Crippen molar-refractivity contribution in [3.63, 3.8) is 0 Å². The molecule has 0 aliphatic rings. The smallest absolute Gasteiger partial charge is 0.342 e. The van der Waals surface area contributed by atoms with Gasteiger partial charge in [0.1, 0.15) is 11.4 Å². The van der Waals surface area contributed by atoms with Gasteiger partial charge >= 0.3 is 5.63 Å². The standard InChI is InChI=1S/C16H11FO3/c17-11-7-5-10(6-8-11)15-12-3-1-2-4-14(12)20-16(19)13(15)9-18/h1-8,18H,9H2. The van der Waals surface area contributed by atoms with Crippen LogP contribution in [0.2, 0.25) is 0 Å². The number of aliphatic hydroxyl groups is 1. The van der Waals surface area contributed by atoms with Crippen LogP contribution < -0.4 is 5.63 Å². The van der Waals surface area contributed by atoms with Crippen LogP contribution in [0.1, 0.15) is 5.56 Å². The fraction of sp³-hybridized carbons (Fsp3) is 0.0625. The fourth-order valence-corrected chi connectivity index (χ4v) is 2.28. The summed E-state index contributed by atoms with van der Waals surface area (Å²) in [5.74, 6) is -0.355. The molecule has 3 rings (SSSR count). The minimum Gasteiger partial charge on any atom is -0.422 e. The lowest BCUT2D eigenvalue weighted by Crippen LogP contribution is -2.09.